The first kappa shape index (κ1) is 24.3. The number of methoxy groups -OCH3 is 2. The standard InChI is InChI=1S/C25H27N5O4S/c1-4-5-14-30-23(16-10-12-17(33-2)13-11-16)28-29-25(30)35-15-20(31)21(24(32)34-3)22-26-18-8-6-7-9-19(18)27-22/h6-13,31H,4-5,14-15H2,1-3H3,(H,26,27)/b21-20+. The number of H-pyrrole nitrogens is 1. The Balaban J connectivity index is 1.64. The number of aliphatic hydroxyl groups is 1. The lowest BCUT2D eigenvalue weighted by Crippen LogP contribution is -2.10. The van der Waals surface area contributed by atoms with Gasteiger partial charge in [0.2, 0.25) is 0 Å². The fraction of sp³-hybridized carbons (Fsp3) is 0.280. The van der Waals surface area contributed by atoms with Gasteiger partial charge in [-0.05, 0) is 42.8 Å². The molecule has 0 radical (unpaired) electrons. The molecule has 2 N–H and O–H groups in total. The number of fused-ring (bicyclic) bond motifs is 1. The van der Waals surface area contributed by atoms with E-state index in [1.807, 2.05) is 53.1 Å². The highest BCUT2D eigenvalue weighted by Crippen LogP contribution is 2.29. The lowest BCUT2D eigenvalue weighted by Gasteiger charge is -2.11. The van der Waals surface area contributed by atoms with Crippen molar-refractivity contribution in [1.29, 1.82) is 0 Å². The molecule has 2 aromatic carbocycles. The number of unbranched alkanes of at least 4 members (excludes halogenated alkanes) is 1. The predicted molar refractivity (Wildman–Crippen MR) is 135 cm³/mol. The second-order valence-electron chi connectivity index (χ2n) is 7.74. The van der Waals surface area contributed by atoms with E-state index in [0.717, 1.165) is 42.0 Å². The number of aliphatic hydroxyl groups excluding tert-OH is 1. The van der Waals surface area contributed by atoms with Crippen LogP contribution in [0.2, 0.25) is 0 Å². The summed E-state index contributed by atoms with van der Waals surface area (Å²) in [6.07, 6.45) is 1.96. The van der Waals surface area contributed by atoms with Crippen LogP contribution in [-0.2, 0) is 16.1 Å². The summed E-state index contributed by atoms with van der Waals surface area (Å²) in [4.78, 5) is 20.1. The average Bonchev–Trinajstić information content (AvgIpc) is 3.50. The highest BCUT2D eigenvalue weighted by molar-refractivity contribution is 7.99. The lowest BCUT2D eigenvalue weighted by molar-refractivity contribution is -0.133. The van der Waals surface area contributed by atoms with Crippen molar-refractivity contribution in [3.05, 3.63) is 60.1 Å². The fourth-order valence-electron chi connectivity index (χ4n) is 3.60. The van der Waals surface area contributed by atoms with Crippen molar-refractivity contribution in [2.75, 3.05) is 20.0 Å². The minimum Gasteiger partial charge on any atom is -0.510 e. The van der Waals surface area contributed by atoms with Gasteiger partial charge in [-0.3, -0.25) is 0 Å². The van der Waals surface area contributed by atoms with E-state index in [9.17, 15) is 9.90 Å². The SMILES string of the molecule is CCCCn1c(SC/C(O)=C(\C(=O)OC)c2nc3ccccc3[nH]2)nnc1-c1ccc(OC)cc1. The van der Waals surface area contributed by atoms with Gasteiger partial charge in [0.05, 0.1) is 31.0 Å². The number of nitrogens with one attached hydrogen (secondary N) is 1. The highest BCUT2D eigenvalue weighted by atomic mass is 32.2. The first-order chi connectivity index (χ1) is 17.0. The topological polar surface area (TPSA) is 115 Å². The van der Waals surface area contributed by atoms with Gasteiger partial charge in [0.15, 0.2) is 11.0 Å². The number of rotatable bonds is 10. The van der Waals surface area contributed by atoms with Crippen molar-refractivity contribution in [3.8, 4) is 17.1 Å². The summed E-state index contributed by atoms with van der Waals surface area (Å²) < 4.78 is 12.2. The number of imidazole rings is 1. The Kier molecular flexibility index (Phi) is 7.71. The van der Waals surface area contributed by atoms with E-state index in [1.165, 1.54) is 18.9 Å². The van der Waals surface area contributed by atoms with Crippen LogP contribution in [0.5, 0.6) is 5.75 Å². The number of aromatic nitrogens is 5. The smallest absolute Gasteiger partial charge is 0.345 e. The minimum absolute atomic E-state index is 0.00815. The molecule has 0 unspecified atom stereocenters. The quantitative estimate of drug-likeness (QED) is 0.139. The summed E-state index contributed by atoms with van der Waals surface area (Å²) in [6.45, 7) is 2.85. The number of aromatic amines is 1. The van der Waals surface area contributed by atoms with Crippen LogP contribution >= 0.6 is 11.8 Å². The molecule has 10 heteroatoms. The van der Waals surface area contributed by atoms with Gasteiger partial charge in [0.1, 0.15) is 22.9 Å². The van der Waals surface area contributed by atoms with Crippen LogP contribution in [0, 0.1) is 0 Å². The second kappa shape index (κ2) is 11.1. The zero-order chi connectivity index (χ0) is 24.8. The van der Waals surface area contributed by atoms with Crippen LogP contribution in [0.1, 0.15) is 25.6 Å². The number of hydrogen-bond donors (Lipinski definition) is 2. The Morgan fingerprint density at radius 1 is 1.11 bits per heavy atom. The van der Waals surface area contributed by atoms with Crippen LogP contribution in [0.25, 0.3) is 28.0 Å². The van der Waals surface area contributed by atoms with Crippen molar-refractivity contribution in [1.82, 2.24) is 24.7 Å². The molecule has 35 heavy (non-hydrogen) atoms. The van der Waals surface area contributed by atoms with E-state index in [1.54, 1.807) is 7.11 Å². The van der Waals surface area contributed by atoms with Crippen molar-refractivity contribution in [2.45, 2.75) is 31.5 Å². The highest BCUT2D eigenvalue weighted by Gasteiger charge is 2.23. The average molecular weight is 494 g/mol. The van der Waals surface area contributed by atoms with Crippen molar-refractivity contribution >= 4 is 34.3 Å². The minimum atomic E-state index is -0.673. The summed E-state index contributed by atoms with van der Waals surface area (Å²) in [6, 6.07) is 15.0. The molecule has 2 heterocycles. The first-order valence-corrected chi connectivity index (χ1v) is 12.2. The van der Waals surface area contributed by atoms with Gasteiger partial charge in [-0.25, -0.2) is 9.78 Å². The molecule has 9 nitrogen and oxygen atoms in total. The maximum Gasteiger partial charge on any atom is 0.345 e. The number of nitrogens with zero attached hydrogens (tertiary/aromatic N) is 4. The number of ether oxygens (including phenoxy) is 2. The Bertz CT molecular complexity index is 1310. The van der Waals surface area contributed by atoms with Gasteiger partial charge in [-0.1, -0.05) is 37.2 Å². The van der Waals surface area contributed by atoms with E-state index in [2.05, 4.69) is 27.1 Å². The number of thioether (sulfide) groups is 1. The number of benzene rings is 2. The molecule has 0 amide bonds. The van der Waals surface area contributed by atoms with Crippen LogP contribution in [-0.4, -0.2) is 55.8 Å². The molecule has 2 aromatic heterocycles. The van der Waals surface area contributed by atoms with Crippen LogP contribution in [0.4, 0.5) is 0 Å². The first-order valence-electron chi connectivity index (χ1n) is 11.2. The van der Waals surface area contributed by atoms with E-state index < -0.39 is 5.97 Å². The third kappa shape index (κ3) is 5.32. The maximum absolute atomic E-state index is 12.5. The summed E-state index contributed by atoms with van der Waals surface area (Å²) in [7, 11) is 2.90. The van der Waals surface area contributed by atoms with Crippen LogP contribution in [0.15, 0.2) is 59.4 Å². The fourth-order valence-corrected chi connectivity index (χ4v) is 4.44. The van der Waals surface area contributed by atoms with E-state index in [4.69, 9.17) is 9.47 Å². The molecular formula is C25H27N5O4S. The third-order valence-electron chi connectivity index (χ3n) is 5.44. The maximum atomic E-state index is 12.5. The van der Waals surface area contributed by atoms with Gasteiger partial charge in [-0.15, -0.1) is 10.2 Å². The second-order valence-corrected chi connectivity index (χ2v) is 8.69. The molecule has 0 aliphatic rings. The zero-order valence-electron chi connectivity index (χ0n) is 19.8. The molecule has 0 saturated carbocycles. The van der Waals surface area contributed by atoms with Gasteiger partial charge >= 0.3 is 5.97 Å². The molecule has 0 atom stereocenters. The molecular weight excluding hydrogens is 466 g/mol. The Morgan fingerprint density at radius 3 is 2.57 bits per heavy atom. The Labute approximate surface area is 207 Å². The Hall–Kier alpha value is -3.79. The summed E-state index contributed by atoms with van der Waals surface area (Å²) >= 11 is 1.29. The van der Waals surface area contributed by atoms with E-state index >= 15 is 0 Å². The molecule has 4 aromatic rings. The van der Waals surface area contributed by atoms with Crippen molar-refractivity contribution in [2.24, 2.45) is 0 Å². The molecule has 0 fully saturated rings. The molecule has 0 spiro atoms. The molecule has 0 aliphatic heterocycles. The summed E-state index contributed by atoms with van der Waals surface area (Å²) in [5.41, 5.74) is 2.35. The van der Waals surface area contributed by atoms with Crippen LogP contribution in [0.3, 0.4) is 0 Å². The Morgan fingerprint density at radius 2 is 1.89 bits per heavy atom. The number of carbonyl (C=O) groups excluding carboxylic acids is 1. The van der Waals surface area contributed by atoms with Crippen molar-refractivity contribution < 1.29 is 19.4 Å². The molecule has 0 saturated heterocycles. The number of esters is 1. The van der Waals surface area contributed by atoms with Crippen LogP contribution < -0.4 is 4.74 Å². The predicted octanol–water partition coefficient (Wildman–Crippen LogP) is 4.86. The summed E-state index contributed by atoms with van der Waals surface area (Å²) in [5.74, 6) is 1.01. The third-order valence-corrected chi connectivity index (χ3v) is 6.42. The molecule has 182 valence electrons. The van der Waals surface area contributed by atoms with Gasteiger partial charge in [0.25, 0.3) is 0 Å². The van der Waals surface area contributed by atoms with Crippen molar-refractivity contribution in [3.63, 3.8) is 0 Å². The molecule has 0 aliphatic carbocycles. The largest absolute Gasteiger partial charge is 0.510 e. The monoisotopic (exact) mass is 493 g/mol. The van der Waals surface area contributed by atoms with Gasteiger partial charge in [-0.2, -0.15) is 0 Å². The lowest BCUT2D eigenvalue weighted by atomic mass is 10.2. The molecule has 4 rings (SSSR count). The van der Waals surface area contributed by atoms with E-state index in [-0.39, 0.29) is 22.9 Å². The van der Waals surface area contributed by atoms with Gasteiger partial charge in [0, 0.05) is 12.1 Å². The van der Waals surface area contributed by atoms with Gasteiger partial charge < -0.3 is 24.1 Å². The zero-order valence-corrected chi connectivity index (χ0v) is 20.6. The number of carbonyl (C=O) groups is 1. The van der Waals surface area contributed by atoms with E-state index in [0.29, 0.717) is 10.7 Å². The normalized spacial score (nSPS) is 12.0. The summed E-state index contributed by atoms with van der Waals surface area (Å²) in [5, 5.41) is 20.3. The number of para-hydroxylation sites is 2. The molecule has 0 bridgehead atoms. The number of hydrogen-bond acceptors (Lipinski definition) is 8.